The zero-order chi connectivity index (χ0) is 15.5. The molecule has 2 aromatic rings. The van der Waals surface area contributed by atoms with E-state index in [2.05, 4.69) is 16.9 Å². The smallest absolute Gasteiger partial charge is 0.147 e. The molecule has 1 aromatic carbocycles. The van der Waals surface area contributed by atoms with Gasteiger partial charge in [0.2, 0.25) is 0 Å². The van der Waals surface area contributed by atoms with E-state index in [4.69, 9.17) is 4.74 Å². The molecule has 0 saturated carbocycles. The van der Waals surface area contributed by atoms with Crippen molar-refractivity contribution in [3.63, 3.8) is 0 Å². The first-order valence-electron chi connectivity index (χ1n) is 8.96. The lowest BCUT2D eigenvalue weighted by molar-refractivity contribution is 0.307. The number of unbranched alkanes of at least 4 members (excludes halogenated alkanes) is 9. The minimum atomic E-state index is 0.794. The summed E-state index contributed by atoms with van der Waals surface area (Å²) in [6, 6.07) is 6.03. The van der Waals surface area contributed by atoms with E-state index in [-0.39, 0.29) is 0 Å². The van der Waals surface area contributed by atoms with Crippen molar-refractivity contribution in [3.05, 3.63) is 24.5 Å². The fraction of sp³-hybridized carbons (Fsp3) is 0.632. The molecule has 0 atom stereocenters. The van der Waals surface area contributed by atoms with Gasteiger partial charge in [0, 0.05) is 0 Å². The third-order valence-electron chi connectivity index (χ3n) is 4.17. The van der Waals surface area contributed by atoms with Gasteiger partial charge < -0.3 is 9.72 Å². The van der Waals surface area contributed by atoms with E-state index in [1.165, 1.54) is 57.8 Å². The largest absolute Gasteiger partial charge is 0.491 e. The highest BCUT2D eigenvalue weighted by atomic mass is 16.5. The summed E-state index contributed by atoms with van der Waals surface area (Å²) >= 11 is 0. The number of hydrogen-bond donors (Lipinski definition) is 1. The molecule has 3 nitrogen and oxygen atoms in total. The number of para-hydroxylation sites is 1. The van der Waals surface area contributed by atoms with Gasteiger partial charge in [-0.05, 0) is 18.6 Å². The Morgan fingerprint density at radius 1 is 0.909 bits per heavy atom. The highest BCUT2D eigenvalue weighted by molar-refractivity contribution is 5.80. The molecule has 0 spiro atoms. The number of fused-ring (bicyclic) bond motifs is 1. The van der Waals surface area contributed by atoms with Crippen LogP contribution in [0.15, 0.2) is 24.5 Å². The number of benzene rings is 1. The molecule has 0 saturated heterocycles. The highest BCUT2D eigenvalue weighted by Gasteiger charge is 2.03. The standard InChI is InChI=1S/C19H30N2O/c1-2-3-4-5-6-7-8-9-10-11-15-22-18-14-12-13-17-19(18)21-16-20-17/h12-14,16H,2-11,15H2,1H3,(H,20,21). The van der Waals surface area contributed by atoms with Crippen LogP contribution in [0, 0.1) is 0 Å². The van der Waals surface area contributed by atoms with Crippen LogP contribution < -0.4 is 4.74 Å². The monoisotopic (exact) mass is 302 g/mol. The Hall–Kier alpha value is -1.51. The zero-order valence-corrected chi connectivity index (χ0v) is 13.9. The average Bonchev–Trinajstić information content (AvgIpc) is 3.02. The van der Waals surface area contributed by atoms with Gasteiger partial charge in [-0.3, -0.25) is 0 Å². The van der Waals surface area contributed by atoms with Crippen LogP contribution in [0.5, 0.6) is 5.75 Å². The van der Waals surface area contributed by atoms with Crippen molar-refractivity contribution in [3.8, 4) is 5.75 Å². The molecule has 0 aliphatic heterocycles. The number of nitrogens with zero attached hydrogens (tertiary/aromatic N) is 1. The van der Waals surface area contributed by atoms with Crippen LogP contribution in [-0.2, 0) is 0 Å². The topological polar surface area (TPSA) is 37.9 Å². The number of nitrogens with one attached hydrogen (secondary N) is 1. The second-order valence-electron chi connectivity index (χ2n) is 6.09. The van der Waals surface area contributed by atoms with Crippen LogP contribution in [0.25, 0.3) is 11.0 Å². The van der Waals surface area contributed by atoms with E-state index in [1.807, 2.05) is 18.2 Å². The lowest BCUT2D eigenvalue weighted by Gasteiger charge is -2.06. The maximum atomic E-state index is 5.87. The number of aromatic nitrogens is 2. The summed E-state index contributed by atoms with van der Waals surface area (Å²) in [4.78, 5) is 7.42. The molecule has 0 bridgehead atoms. The molecule has 0 unspecified atom stereocenters. The third-order valence-corrected chi connectivity index (χ3v) is 4.17. The van der Waals surface area contributed by atoms with Gasteiger partial charge in [-0.25, -0.2) is 4.98 Å². The van der Waals surface area contributed by atoms with E-state index in [1.54, 1.807) is 6.33 Å². The molecule has 0 fully saturated rings. The Morgan fingerprint density at radius 3 is 2.32 bits per heavy atom. The molecule has 0 radical (unpaired) electrons. The van der Waals surface area contributed by atoms with Gasteiger partial charge >= 0.3 is 0 Å². The minimum absolute atomic E-state index is 0.794. The Kier molecular flexibility index (Phi) is 7.86. The minimum Gasteiger partial charge on any atom is -0.491 e. The molecular formula is C19H30N2O. The van der Waals surface area contributed by atoms with E-state index >= 15 is 0 Å². The summed E-state index contributed by atoms with van der Waals surface area (Å²) in [6.07, 6.45) is 15.2. The van der Waals surface area contributed by atoms with Gasteiger partial charge in [0.15, 0.2) is 0 Å². The second-order valence-corrected chi connectivity index (χ2v) is 6.09. The summed E-state index contributed by atoms with van der Waals surface area (Å²) in [5.41, 5.74) is 1.98. The fourth-order valence-electron chi connectivity index (χ4n) is 2.83. The fourth-order valence-corrected chi connectivity index (χ4v) is 2.83. The lowest BCUT2D eigenvalue weighted by atomic mass is 10.1. The summed E-state index contributed by atoms with van der Waals surface area (Å²) in [6.45, 7) is 3.07. The average molecular weight is 302 g/mol. The molecule has 3 heteroatoms. The van der Waals surface area contributed by atoms with Crippen LogP contribution in [0.4, 0.5) is 0 Å². The number of aromatic amines is 1. The Bertz CT molecular complexity index is 521. The van der Waals surface area contributed by atoms with Crippen molar-refractivity contribution < 1.29 is 4.74 Å². The summed E-state index contributed by atoms with van der Waals surface area (Å²) in [5, 5.41) is 0. The predicted molar refractivity (Wildman–Crippen MR) is 93.4 cm³/mol. The van der Waals surface area contributed by atoms with E-state index in [0.717, 1.165) is 29.8 Å². The van der Waals surface area contributed by atoms with Crippen LogP contribution in [-0.4, -0.2) is 16.6 Å². The van der Waals surface area contributed by atoms with Crippen molar-refractivity contribution in [1.29, 1.82) is 0 Å². The summed E-state index contributed by atoms with van der Waals surface area (Å²) in [7, 11) is 0. The SMILES string of the molecule is CCCCCCCCCCCCOc1cccc2[nH]cnc12. The first kappa shape index (κ1) is 16.9. The van der Waals surface area contributed by atoms with Crippen molar-refractivity contribution in [2.45, 2.75) is 71.1 Å². The van der Waals surface area contributed by atoms with Crippen LogP contribution in [0.2, 0.25) is 0 Å². The first-order chi connectivity index (χ1) is 10.9. The zero-order valence-electron chi connectivity index (χ0n) is 13.9. The lowest BCUT2D eigenvalue weighted by Crippen LogP contribution is -1.97. The van der Waals surface area contributed by atoms with Crippen molar-refractivity contribution >= 4 is 11.0 Å². The summed E-state index contributed by atoms with van der Waals surface area (Å²) in [5.74, 6) is 0.898. The molecular weight excluding hydrogens is 272 g/mol. The molecule has 0 amide bonds. The molecule has 22 heavy (non-hydrogen) atoms. The number of ether oxygens (including phenoxy) is 1. The second kappa shape index (κ2) is 10.3. The van der Waals surface area contributed by atoms with Crippen molar-refractivity contribution in [2.24, 2.45) is 0 Å². The Morgan fingerprint density at radius 2 is 1.59 bits per heavy atom. The van der Waals surface area contributed by atoms with E-state index in [9.17, 15) is 0 Å². The Balaban J connectivity index is 1.49. The van der Waals surface area contributed by atoms with E-state index in [0.29, 0.717) is 0 Å². The predicted octanol–water partition coefficient (Wildman–Crippen LogP) is 5.86. The van der Waals surface area contributed by atoms with Gasteiger partial charge in [0.05, 0.1) is 18.5 Å². The molecule has 122 valence electrons. The van der Waals surface area contributed by atoms with Gasteiger partial charge in [0.1, 0.15) is 11.3 Å². The summed E-state index contributed by atoms with van der Waals surface area (Å²) < 4.78 is 5.87. The molecule has 2 rings (SSSR count). The normalized spacial score (nSPS) is 11.1. The molecule has 1 N–H and O–H groups in total. The van der Waals surface area contributed by atoms with Crippen LogP contribution >= 0.6 is 0 Å². The Labute approximate surface area is 134 Å². The van der Waals surface area contributed by atoms with Gasteiger partial charge in [0.25, 0.3) is 0 Å². The van der Waals surface area contributed by atoms with Crippen molar-refractivity contribution in [2.75, 3.05) is 6.61 Å². The van der Waals surface area contributed by atoms with E-state index < -0.39 is 0 Å². The maximum absolute atomic E-state index is 5.87. The number of hydrogen-bond acceptors (Lipinski definition) is 2. The van der Waals surface area contributed by atoms with Crippen LogP contribution in [0.3, 0.4) is 0 Å². The number of H-pyrrole nitrogens is 1. The molecule has 0 aliphatic carbocycles. The molecule has 1 aromatic heterocycles. The highest BCUT2D eigenvalue weighted by Crippen LogP contribution is 2.22. The van der Waals surface area contributed by atoms with Gasteiger partial charge in [-0.2, -0.15) is 0 Å². The number of rotatable bonds is 12. The molecule has 0 aliphatic rings. The van der Waals surface area contributed by atoms with Gasteiger partial charge in [-0.1, -0.05) is 70.8 Å². The quantitative estimate of drug-likeness (QED) is 0.498. The molecule has 1 heterocycles. The first-order valence-corrected chi connectivity index (χ1v) is 8.96. The van der Waals surface area contributed by atoms with Crippen LogP contribution in [0.1, 0.15) is 71.1 Å². The maximum Gasteiger partial charge on any atom is 0.147 e. The third kappa shape index (κ3) is 5.70. The van der Waals surface area contributed by atoms with Gasteiger partial charge in [-0.15, -0.1) is 0 Å². The van der Waals surface area contributed by atoms with Crippen molar-refractivity contribution in [1.82, 2.24) is 9.97 Å². The number of imidazole rings is 1.